The summed E-state index contributed by atoms with van der Waals surface area (Å²) < 4.78 is 0. The van der Waals surface area contributed by atoms with Crippen LogP contribution in [0.5, 0.6) is 0 Å². The number of aromatic nitrogens is 1. The molecule has 1 unspecified atom stereocenters. The van der Waals surface area contributed by atoms with Gasteiger partial charge in [0.15, 0.2) is 0 Å². The van der Waals surface area contributed by atoms with Gasteiger partial charge in [0, 0.05) is 33.1 Å². The Bertz CT molecular complexity index is 2260. The number of hydrogen-bond acceptors (Lipinski definition) is 2. The van der Waals surface area contributed by atoms with Gasteiger partial charge in [-0.3, -0.25) is 0 Å². The summed E-state index contributed by atoms with van der Waals surface area (Å²) in [6, 6.07) is 34.3. The van der Waals surface area contributed by atoms with Crippen molar-refractivity contribution in [1.29, 1.82) is 0 Å². The van der Waals surface area contributed by atoms with Gasteiger partial charge in [0.25, 0.3) is 0 Å². The third-order valence-electron chi connectivity index (χ3n) is 9.83. The van der Waals surface area contributed by atoms with E-state index in [2.05, 4.69) is 145 Å². The Kier molecular flexibility index (Phi) is 6.26. The van der Waals surface area contributed by atoms with Gasteiger partial charge >= 0.3 is 0 Å². The zero-order chi connectivity index (χ0) is 29.7. The molecule has 0 amide bonds. The molecule has 6 aromatic rings. The molecule has 5 aromatic carbocycles. The lowest BCUT2D eigenvalue weighted by Gasteiger charge is -2.33. The lowest BCUT2D eigenvalue weighted by Crippen LogP contribution is -2.30. The van der Waals surface area contributed by atoms with Gasteiger partial charge in [-0.2, -0.15) is 0 Å². The molecule has 216 valence electrons. The van der Waals surface area contributed by atoms with E-state index in [1.807, 2.05) is 0 Å². The van der Waals surface area contributed by atoms with E-state index >= 15 is 0 Å². The van der Waals surface area contributed by atoms with Crippen molar-refractivity contribution in [3.8, 4) is 11.1 Å². The number of anilines is 2. The Hall–Kier alpha value is -5.21. The molecule has 45 heavy (non-hydrogen) atoms. The maximum atomic E-state index is 5.46. The lowest BCUT2D eigenvalue weighted by molar-refractivity contribution is 0.784. The van der Waals surface area contributed by atoms with Crippen LogP contribution in [0.1, 0.15) is 41.5 Å². The van der Waals surface area contributed by atoms with Gasteiger partial charge in [-0.1, -0.05) is 115 Å². The predicted octanol–water partition coefficient (Wildman–Crippen LogP) is 11.1. The number of nitrogens with zero attached hydrogens (tertiary/aromatic N) is 2. The van der Waals surface area contributed by atoms with Crippen LogP contribution in [0.15, 0.2) is 127 Å². The molecule has 0 bridgehead atoms. The molecule has 1 aromatic heterocycles. The first-order chi connectivity index (χ1) is 22.3. The van der Waals surface area contributed by atoms with E-state index in [-0.39, 0.29) is 6.04 Å². The fraction of sp³-hybridized carbons (Fsp3) is 0.140. The summed E-state index contributed by atoms with van der Waals surface area (Å²) >= 11 is 0. The average Bonchev–Trinajstić information content (AvgIpc) is 3.11. The fourth-order valence-corrected chi connectivity index (χ4v) is 7.66. The molecule has 2 heteroatoms. The summed E-state index contributed by atoms with van der Waals surface area (Å²) in [5, 5.41) is 4.88. The number of aryl methyl sites for hydroxylation is 2. The molecule has 0 saturated carbocycles. The molecule has 0 fully saturated rings. The number of pyridine rings is 1. The molecule has 0 N–H and O–H groups in total. The van der Waals surface area contributed by atoms with Crippen LogP contribution in [0.3, 0.4) is 0 Å². The second kappa shape index (κ2) is 10.7. The third kappa shape index (κ3) is 4.44. The number of allylic oxidation sites excluding steroid dienone is 4. The van der Waals surface area contributed by atoms with Gasteiger partial charge in [-0.15, -0.1) is 0 Å². The van der Waals surface area contributed by atoms with E-state index in [0.29, 0.717) is 0 Å². The van der Waals surface area contributed by atoms with Gasteiger partial charge in [-0.05, 0) is 89.6 Å². The van der Waals surface area contributed by atoms with E-state index in [4.69, 9.17) is 4.98 Å². The maximum Gasteiger partial charge on any atom is 0.0794 e. The summed E-state index contributed by atoms with van der Waals surface area (Å²) in [4.78, 5) is 8.00. The Balaban J connectivity index is 1.29. The van der Waals surface area contributed by atoms with E-state index < -0.39 is 0 Å². The minimum atomic E-state index is 0.246. The maximum absolute atomic E-state index is 5.46. The lowest BCUT2D eigenvalue weighted by atomic mass is 9.89. The molecular weight excluding hydrogens is 544 g/mol. The number of rotatable bonds is 4. The quantitative estimate of drug-likeness (QED) is 0.153. The van der Waals surface area contributed by atoms with Gasteiger partial charge in [0.05, 0.1) is 17.1 Å². The molecule has 0 saturated heterocycles. The second-order valence-electron chi connectivity index (χ2n) is 12.5. The second-order valence-corrected chi connectivity index (χ2v) is 12.5. The van der Waals surface area contributed by atoms with Crippen molar-refractivity contribution in [2.24, 2.45) is 0 Å². The first-order valence-electron chi connectivity index (χ1n) is 16.3. The topological polar surface area (TPSA) is 16.1 Å². The van der Waals surface area contributed by atoms with Crippen molar-refractivity contribution in [2.45, 2.75) is 38.1 Å². The van der Waals surface area contributed by atoms with Crippen LogP contribution in [-0.2, 0) is 12.8 Å². The standard InChI is InChI=1S/C43H34N2/c1-2-16-34(17-3-1)45(36-24-21-29-11-4-5-14-32(29)27-36)35-18-10-15-33(28-35)41-39-25-22-30-12-6-8-19-37(30)42(39)44-43-38-20-9-7-13-31(38)23-26-40(41)43/h1-4,6-8,10-13,15-16,18-19,21-28,34H,5,9,14,17,20H2. The molecule has 2 nitrogen and oxygen atoms in total. The van der Waals surface area contributed by atoms with Gasteiger partial charge < -0.3 is 4.90 Å². The van der Waals surface area contributed by atoms with Gasteiger partial charge in [0.2, 0.25) is 0 Å². The molecule has 0 aliphatic heterocycles. The van der Waals surface area contributed by atoms with E-state index in [1.54, 1.807) is 0 Å². The van der Waals surface area contributed by atoms with E-state index in [9.17, 15) is 0 Å². The van der Waals surface area contributed by atoms with Crippen LogP contribution in [-0.4, -0.2) is 11.0 Å². The molecule has 9 rings (SSSR count). The number of benzene rings is 5. The zero-order valence-electron chi connectivity index (χ0n) is 25.3. The molecule has 1 heterocycles. The van der Waals surface area contributed by atoms with Crippen LogP contribution in [0.25, 0.3) is 55.9 Å². The summed E-state index contributed by atoms with van der Waals surface area (Å²) in [6.07, 6.45) is 23.4. The Labute approximate surface area is 264 Å². The first kappa shape index (κ1) is 26.2. The molecule has 1 atom stereocenters. The summed E-state index contributed by atoms with van der Waals surface area (Å²) in [7, 11) is 0. The zero-order valence-corrected chi connectivity index (χ0v) is 25.3. The minimum Gasteiger partial charge on any atom is -0.334 e. The highest BCUT2D eigenvalue weighted by atomic mass is 15.2. The smallest absolute Gasteiger partial charge is 0.0794 e. The highest BCUT2D eigenvalue weighted by Gasteiger charge is 2.23. The van der Waals surface area contributed by atoms with Gasteiger partial charge in [-0.25, -0.2) is 4.98 Å². The van der Waals surface area contributed by atoms with Crippen molar-refractivity contribution in [3.63, 3.8) is 0 Å². The summed E-state index contributed by atoms with van der Waals surface area (Å²) in [6.45, 7) is 0. The van der Waals surface area contributed by atoms with Crippen molar-refractivity contribution in [1.82, 2.24) is 4.98 Å². The summed E-state index contributed by atoms with van der Waals surface area (Å²) in [5.41, 5.74) is 12.6. The number of fused-ring (bicyclic) bond motifs is 7. The Morgan fingerprint density at radius 3 is 2.38 bits per heavy atom. The van der Waals surface area contributed by atoms with E-state index in [0.717, 1.165) is 43.1 Å². The SMILES string of the molecule is C1=CCC(N(c2cccc(-c3c4ccc5c(c4nc4c3ccc3ccccc34)CCC=C5)c2)c2ccc3c(c2)CCC=C3)C=C1. The average molecular weight is 579 g/mol. The molecular formula is C43H34N2. The van der Waals surface area contributed by atoms with Crippen molar-refractivity contribution in [3.05, 3.63) is 150 Å². The van der Waals surface area contributed by atoms with Crippen LogP contribution in [0.4, 0.5) is 11.4 Å². The van der Waals surface area contributed by atoms with Crippen LogP contribution >= 0.6 is 0 Å². The highest BCUT2D eigenvalue weighted by Crippen LogP contribution is 2.42. The van der Waals surface area contributed by atoms with Crippen LogP contribution < -0.4 is 4.90 Å². The third-order valence-corrected chi connectivity index (χ3v) is 9.83. The largest absolute Gasteiger partial charge is 0.334 e. The summed E-state index contributed by atoms with van der Waals surface area (Å²) in [5.74, 6) is 0. The molecule has 3 aliphatic carbocycles. The Morgan fingerprint density at radius 1 is 0.622 bits per heavy atom. The van der Waals surface area contributed by atoms with Gasteiger partial charge in [0.1, 0.15) is 0 Å². The van der Waals surface area contributed by atoms with Crippen LogP contribution in [0, 0.1) is 0 Å². The normalized spacial score (nSPS) is 16.8. The van der Waals surface area contributed by atoms with Crippen molar-refractivity contribution in [2.75, 3.05) is 4.90 Å². The van der Waals surface area contributed by atoms with Crippen LogP contribution in [0.2, 0.25) is 0 Å². The van der Waals surface area contributed by atoms with Crippen molar-refractivity contribution >= 4 is 56.1 Å². The molecule has 3 aliphatic rings. The molecule has 0 radical (unpaired) electrons. The van der Waals surface area contributed by atoms with Crippen molar-refractivity contribution < 1.29 is 0 Å². The Morgan fingerprint density at radius 2 is 1.44 bits per heavy atom. The number of hydrogen-bond donors (Lipinski definition) is 0. The monoisotopic (exact) mass is 578 g/mol. The molecule has 0 spiro atoms. The predicted molar refractivity (Wildman–Crippen MR) is 192 cm³/mol. The van der Waals surface area contributed by atoms with E-state index in [1.165, 1.54) is 66.3 Å². The highest BCUT2D eigenvalue weighted by molar-refractivity contribution is 6.17. The first-order valence-corrected chi connectivity index (χ1v) is 16.3. The fourth-order valence-electron chi connectivity index (χ4n) is 7.66. The minimum absolute atomic E-state index is 0.246.